The highest BCUT2D eigenvalue weighted by Crippen LogP contribution is 2.33. The monoisotopic (exact) mass is 529 g/mol. The molecule has 196 valence electrons. The normalized spacial score (nSPS) is 11.8. The summed E-state index contributed by atoms with van der Waals surface area (Å²) in [6.07, 6.45) is 1.84. The summed E-state index contributed by atoms with van der Waals surface area (Å²) >= 11 is 0. The van der Waals surface area contributed by atoms with Gasteiger partial charge in [-0.05, 0) is 42.0 Å². The number of anilines is 1. The minimum Gasteiger partial charge on any atom is -0.321 e. The Kier molecular flexibility index (Phi) is 6.02. The summed E-state index contributed by atoms with van der Waals surface area (Å²) in [4.78, 5) is 6.69. The van der Waals surface area contributed by atoms with Gasteiger partial charge in [-0.3, -0.25) is 9.88 Å². The van der Waals surface area contributed by atoms with Gasteiger partial charge in [-0.25, -0.2) is 0 Å². The zero-order chi connectivity index (χ0) is 27.8. The van der Waals surface area contributed by atoms with Gasteiger partial charge in [0.25, 0.3) is 0 Å². The van der Waals surface area contributed by atoms with Crippen LogP contribution in [0.1, 0.15) is 11.1 Å². The van der Waals surface area contributed by atoms with Gasteiger partial charge in [0.15, 0.2) is 5.84 Å². The molecule has 41 heavy (non-hydrogen) atoms. The number of pyridine rings is 1. The first-order chi connectivity index (χ1) is 20.2. The molecule has 0 amide bonds. The average molecular weight is 530 g/mol. The summed E-state index contributed by atoms with van der Waals surface area (Å²) in [5, 5.41) is 7.73. The van der Waals surface area contributed by atoms with E-state index in [9.17, 15) is 0 Å². The molecule has 2 aromatic heterocycles. The maximum atomic E-state index is 6.05. The molecule has 2 N–H and O–H groups in total. The predicted octanol–water partition coefficient (Wildman–Crippen LogP) is 8.13. The second-order valence-corrected chi connectivity index (χ2v) is 9.90. The third kappa shape index (κ3) is 4.21. The molecule has 2 heterocycles. The van der Waals surface area contributed by atoms with Crippen LogP contribution in [0, 0.1) is 0 Å². The smallest absolute Gasteiger partial charge is 0.164 e. The zero-order valence-electron chi connectivity index (χ0n) is 22.4. The Bertz CT molecular complexity index is 2020. The largest absolute Gasteiger partial charge is 0.321 e. The molecule has 0 atom stereocenters. The fourth-order valence-corrected chi connectivity index (χ4v) is 5.57. The van der Waals surface area contributed by atoms with E-state index in [1.165, 1.54) is 21.8 Å². The summed E-state index contributed by atoms with van der Waals surface area (Å²) in [6, 6.07) is 45.6. The lowest BCUT2D eigenvalue weighted by atomic mass is 10.1. The van der Waals surface area contributed by atoms with Gasteiger partial charge in [-0.15, -0.1) is 0 Å². The first kappa shape index (κ1) is 24.4. The second kappa shape index (κ2) is 10.1. The Balaban J connectivity index is 1.34. The van der Waals surface area contributed by atoms with Crippen molar-refractivity contribution in [1.29, 1.82) is 0 Å². The Labute approximate surface area is 238 Å². The number of aromatic nitrogens is 2. The van der Waals surface area contributed by atoms with Crippen LogP contribution < -0.4 is 10.7 Å². The van der Waals surface area contributed by atoms with Crippen molar-refractivity contribution in [3.8, 4) is 5.69 Å². The van der Waals surface area contributed by atoms with E-state index in [0.717, 1.165) is 39.1 Å². The highest BCUT2D eigenvalue weighted by Gasteiger charge is 2.21. The zero-order valence-corrected chi connectivity index (χ0v) is 22.4. The molecule has 0 aliphatic heterocycles. The predicted molar refractivity (Wildman–Crippen MR) is 171 cm³/mol. The Morgan fingerprint density at radius 1 is 0.683 bits per heavy atom. The Morgan fingerprint density at radius 3 is 1.98 bits per heavy atom. The summed E-state index contributed by atoms with van der Waals surface area (Å²) < 4.78 is 2.30. The third-order valence-electron chi connectivity index (χ3n) is 7.51. The van der Waals surface area contributed by atoms with Crippen LogP contribution in [0.3, 0.4) is 0 Å². The maximum Gasteiger partial charge on any atom is 0.164 e. The number of hydrazone groups is 1. The highest BCUT2D eigenvalue weighted by molar-refractivity contribution is 6.17. The molecular weight excluding hydrogens is 502 g/mol. The fourth-order valence-electron chi connectivity index (χ4n) is 5.57. The van der Waals surface area contributed by atoms with E-state index < -0.39 is 0 Å². The van der Waals surface area contributed by atoms with E-state index in [1.54, 1.807) is 0 Å². The number of nitrogens with zero attached hydrogens (tertiary/aromatic N) is 4. The van der Waals surface area contributed by atoms with Crippen LogP contribution in [0.25, 0.3) is 44.1 Å². The van der Waals surface area contributed by atoms with Crippen molar-refractivity contribution in [3.05, 3.63) is 157 Å². The van der Waals surface area contributed by atoms with Crippen molar-refractivity contribution in [3.63, 3.8) is 0 Å². The number of hydrogen-bond acceptors (Lipinski definition) is 3. The molecular formula is C36H27N5. The molecule has 0 aliphatic rings. The summed E-state index contributed by atoms with van der Waals surface area (Å²) in [6.45, 7) is 4.52. The summed E-state index contributed by atoms with van der Waals surface area (Å²) in [5.41, 5.74) is 7.73. The molecule has 5 heteroatoms. The van der Waals surface area contributed by atoms with E-state index >= 15 is 0 Å². The van der Waals surface area contributed by atoms with Gasteiger partial charge in [0, 0.05) is 33.1 Å². The number of rotatable bonds is 5. The van der Waals surface area contributed by atoms with Crippen LogP contribution in [0.2, 0.25) is 0 Å². The Morgan fingerprint density at radius 2 is 1.29 bits per heavy atom. The van der Waals surface area contributed by atoms with Crippen molar-refractivity contribution in [2.75, 3.05) is 4.90 Å². The number of hydrogen-bond donors (Lipinski definition) is 1. The standard InChI is InChI=1S/C36H27N5/c1-25(26-19-21-29(22-20-26)41-34-17-9-6-14-31(34)32-15-7-10-18-35(32)41)40(36(39-37)27-11-3-2-4-12-27)30-23-28-13-5-8-16-33(28)38-24-30/h2-24H,1,37H2/b39-36-. The average Bonchev–Trinajstić information content (AvgIpc) is 3.38. The number of benzene rings is 5. The van der Waals surface area contributed by atoms with E-state index in [1.807, 2.05) is 59.6 Å². The molecule has 5 nitrogen and oxygen atoms in total. The lowest BCUT2D eigenvalue weighted by Crippen LogP contribution is -2.31. The first-order valence-electron chi connectivity index (χ1n) is 13.5. The van der Waals surface area contributed by atoms with Crippen molar-refractivity contribution in [1.82, 2.24) is 9.55 Å². The maximum absolute atomic E-state index is 6.05. The minimum absolute atomic E-state index is 0.583. The highest BCUT2D eigenvalue weighted by atomic mass is 15.3. The molecule has 0 spiro atoms. The first-order valence-corrected chi connectivity index (χ1v) is 13.5. The van der Waals surface area contributed by atoms with Gasteiger partial charge in [0.1, 0.15) is 0 Å². The van der Waals surface area contributed by atoms with E-state index in [0.29, 0.717) is 5.84 Å². The molecule has 0 unspecified atom stereocenters. The van der Waals surface area contributed by atoms with Crippen molar-refractivity contribution in [2.45, 2.75) is 0 Å². The van der Waals surface area contributed by atoms with Crippen LogP contribution in [-0.2, 0) is 0 Å². The van der Waals surface area contributed by atoms with Crippen LogP contribution in [-0.4, -0.2) is 15.4 Å². The van der Waals surface area contributed by atoms with Crippen molar-refractivity contribution >= 4 is 49.9 Å². The number of fused-ring (bicyclic) bond motifs is 4. The SMILES string of the molecule is C=C(c1ccc(-n2c3ccccc3c3ccccc32)cc1)N(/C(=N\N)c1ccccc1)c1cnc2ccccc2c1. The summed E-state index contributed by atoms with van der Waals surface area (Å²) in [5.74, 6) is 6.63. The van der Waals surface area contributed by atoms with Crippen LogP contribution >= 0.6 is 0 Å². The third-order valence-corrected chi connectivity index (χ3v) is 7.51. The van der Waals surface area contributed by atoms with E-state index in [4.69, 9.17) is 10.8 Å². The van der Waals surface area contributed by atoms with Crippen molar-refractivity contribution in [2.24, 2.45) is 10.9 Å². The van der Waals surface area contributed by atoms with E-state index in [-0.39, 0.29) is 0 Å². The molecule has 7 rings (SSSR count). The molecule has 0 aliphatic carbocycles. The summed E-state index contributed by atoms with van der Waals surface area (Å²) in [7, 11) is 0. The second-order valence-electron chi connectivity index (χ2n) is 9.90. The molecule has 0 saturated heterocycles. The molecule has 5 aromatic carbocycles. The van der Waals surface area contributed by atoms with Crippen LogP contribution in [0.4, 0.5) is 5.69 Å². The quantitative estimate of drug-likeness (QED) is 0.106. The topological polar surface area (TPSA) is 59.4 Å². The molecule has 0 fully saturated rings. The number of nitrogens with two attached hydrogens (primary N) is 1. The van der Waals surface area contributed by atoms with E-state index in [2.05, 4.69) is 101 Å². The van der Waals surface area contributed by atoms with Crippen molar-refractivity contribution < 1.29 is 0 Å². The van der Waals surface area contributed by atoms with Gasteiger partial charge in [-0.1, -0.05) is 104 Å². The molecule has 7 aromatic rings. The van der Waals surface area contributed by atoms with Crippen LogP contribution in [0.5, 0.6) is 0 Å². The minimum atomic E-state index is 0.583. The van der Waals surface area contributed by atoms with Gasteiger partial charge < -0.3 is 10.4 Å². The van der Waals surface area contributed by atoms with Gasteiger partial charge in [0.05, 0.1) is 28.4 Å². The van der Waals surface area contributed by atoms with Crippen LogP contribution in [0.15, 0.2) is 151 Å². The molecule has 0 saturated carbocycles. The molecule has 0 bridgehead atoms. The Hall–Kier alpha value is -5.68. The van der Waals surface area contributed by atoms with Gasteiger partial charge >= 0.3 is 0 Å². The number of para-hydroxylation sites is 3. The van der Waals surface area contributed by atoms with Gasteiger partial charge in [0.2, 0.25) is 0 Å². The van der Waals surface area contributed by atoms with Gasteiger partial charge in [-0.2, -0.15) is 5.10 Å². The fraction of sp³-hybridized carbons (Fsp3) is 0. The molecule has 0 radical (unpaired) electrons. The number of amidine groups is 1. The lowest BCUT2D eigenvalue weighted by molar-refractivity contribution is 1.17. The lowest BCUT2D eigenvalue weighted by Gasteiger charge is -2.28.